The molecule has 0 atom stereocenters. The summed E-state index contributed by atoms with van der Waals surface area (Å²) in [6.07, 6.45) is 1.08. The summed E-state index contributed by atoms with van der Waals surface area (Å²) in [5.74, 6) is 0.123. The highest BCUT2D eigenvalue weighted by atomic mass is 35.5. The van der Waals surface area contributed by atoms with Crippen LogP contribution in [0, 0.1) is 0 Å². The molecule has 0 aliphatic heterocycles. The van der Waals surface area contributed by atoms with Gasteiger partial charge < -0.3 is 14.8 Å². The molecular weight excluding hydrogens is 490 g/mol. The monoisotopic (exact) mass is 515 g/mol. The van der Waals surface area contributed by atoms with E-state index in [9.17, 15) is 9.59 Å². The highest BCUT2D eigenvalue weighted by molar-refractivity contribution is 6.33. The minimum Gasteiger partial charge on any atom is -0.490 e. The summed E-state index contributed by atoms with van der Waals surface area (Å²) < 4.78 is 11.9. The van der Waals surface area contributed by atoms with Crippen molar-refractivity contribution in [1.29, 1.82) is 0 Å². The first kappa shape index (κ1) is 25.7. The fourth-order valence-corrected chi connectivity index (χ4v) is 3.87. The Kier molecular flexibility index (Phi) is 8.73. The van der Waals surface area contributed by atoms with Gasteiger partial charge in [0.25, 0.3) is 0 Å². The third-order valence-electron chi connectivity index (χ3n) is 5.40. The number of nitrogens with one attached hydrogen (secondary N) is 2. The molecule has 0 spiro atoms. The molecule has 0 saturated heterocycles. The van der Waals surface area contributed by atoms with Crippen molar-refractivity contribution in [3.63, 3.8) is 0 Å². The van der Waals surface area contributed by atoms with Gasteiger partial charge in [-0.1, -0.05) is 66.2 Å². The van der Waals surface area contributed by atoms with Crippen molar-refractivity contribution in [2.24, 2.45) is 5.10 Å². The van der Waals surface area contributed by atoms with Gasteiger partial charge >= 0.3 is 0 Å². The lowest BCUT2D eigenvalue weighted by atomic mass is 10.1. The van der Waals surface area contributed by atoms with Crippen molar-refractivity contribution in [3.8, 4) is 11.5 Å². The number of hydrazone groups is 1. The standard InChI is InChI=1S/C29H26ClN3O4/c1-2-36-27-16-20(18-31-33-29(35)17-28(34)32-25-13-6-5-12-24(25)30)14-15-26(27)37-19-22-10-7-9-21-8-3-4-11-23(21)22/h3-16,18H,2,17,19H2,1H3,(H,32,34)(H,33,35). The Morgan fingerprint density at radius 3 is 2.51 bits per heavy atom. The summed E-state index contributed by atoms with van der Waals surface area (Å²) in [5.41, 5.74) is 4.57. The topological polar surface area (TPSA) is 89.0 Å². The molecule has 0 saturated carbocycles. The maximum atomic E-state index is 12.1. The zero-order valence-corrected chi connectivity index (χ0v) is 21.0. The number of hydrogen-bond acceptors (Lipinski definition) is 5. The van der Waals surface area contributed by atoms with Gasteiger partial charge in [-0.15, -0.1) is 0 Å². The van der Waals surface area contributed by atoms with Crippen LogP contribution in [0.25, 0.3) is 10.8 Å². The molecule has 188 valence electrons. The lowest BCUT2D eigenvalue weighted by Crippen LogP contribution is -2.24. The first-order valence-corrected chi connectivity index (χ1v) is 12.1. The van der Waals surface area contributed by atoms with Crippen LogP contribution in [-0.2, 0) is 16.2 Å². The number of amides is 2. The van der Waals surface area contributed by atoms with E-state index in [4.69, 9.17) is 21.1 Å². The zero-order valence-electron chi connectivity index (χ0n) is 20.2. The van der Waals surface area contributed by atoms with Crippen LogP contribution in [0.4, 0.5) is 5.69 Å². The summed E-state index contributed by atoms with van der Waals surface area (Å²) >= 11 is 6.02. The van der Waals surface area contributed by atoms with Crippen molar-refractivity contribution in [1.82, 2.24) is 5.43 Å². The van der Waals surface area contributed by atoms with E-state index in [1.807, 2.05) is 31.2 Å². The van der Waals surface area contributed by atoms with Crippen LogP contribution < -0.4 is 20.2 Å². The molecule has 8 heteroatoms. The van der Waals surface area contributed by atoms with Crippen LogP contribution in [0.2, 0.25) is 5.02 Å². The summed E-state index contributed by atoms with van der Waals surface area (Å²) in [4.78, 5) is 24.2. The van der Waals surface area contributed by atoms with Crippen molar-refractivity contribution >= 4 is 46.1 Å². The van der Waals surface area contributed by atoms with Gasteiger partial charge in [-0.25, -0.2) is 5.43 Å². The Morgan fingerprint density at radius 1 is 0.892 bits per heavy atom. The van der Waals surface area contributed by atoms with Crippen molar-refractivity contribution in [2.75, 3.05) is 11.9 Å². The average molecular weight is 516 g/mol. The minimum atomic E-state index is -0.555. The second-order valence-corrected chi connectivity index (χ2v) is 8.47. The third kappa shape index (κ3) is 7.08. The Balaban J connectivity index is 1.35. The SMILES string of the molecule is CCOc1cc(C=NNC(=O)CC(=O)Nc2ccccc2Cl)ccc1OCc1cccc2ccccc12. The Hall–Kier alpha value is -4.36. The highest BCUT2D eigenvalue weighted by Gasteiger charge is 2.11. The van der Waals surface area contributed by atoms with Crippen LogP contribution in [0.3, 0.4) is 0 Å². The number of hydrogen-bond donors (Lipinski definition) is 2. The smallest absolute Gasteiger partial charge is 0.249 e. The summed E-state index contributed by atoms with van der Waals surface area (Å²) in [6, 6.07) is 26.5. The molecule has 0 bridgehead atoms. The number of carbonyl (C=O) groups excluding carboxylic acids is 2. The predicted molar refractivity (Wildman–Crippen MR) is 146 cm³/mol. The molecular formula is C29H26ClN3O4. The average Bonchev–Trinajstić information content (AvgIpc) is 2.89. The molecule has 4 rings (SSSR count). The molecule has 4 aromatic rings. The molecule has 2 N–H and O–H groups in total. The predicted octanol–water partition coefficient (Wildman–Crippen LogP) is 5.95. The summed E-state index contributed by atoms with van der Waals surface area (Å²) in [5, 5.41) is 9.24. The van der Waals surface area contributed by atoms with E-state index in [0.29, 0.717) is 41.0 Å². The quantitative estimate of drug-likeness (QED) is 0.155. The van der Waals surface area contributed by atoms with E-state index in [1.165, 1.54) is 6.21 Å². The van der Waals surface area contributed by atoms with E-state index in [0.717, 1.165) is 16.3 Å². The van der Waals surface area contributed by atoms with Crippen LogP contribution in [0.15, 0.2) is 90.0 Å². The van der Waals surface area contributed by atoms with Gasteiger partial charge in [0, 0.05) is 0 Å². The van der Waals surface area contributed by atoms with Gasteiger partial charge in [0.15, 0.2) is 11.5 Å². The fraction of sp³-hybridized carbons (Fsp3) is 0.138. The molecule has 7 nitrogen and oxygen atoms in total. The second-order valence-electron chi connectivity index (χ2n) is 8.06. The van der Waals surface area contributed by atoms with Crippen molar-refractivity contribution < 1.29 is 19.1 Å². The van der Waals surface area contributed by atoms with Crippen molar-refractivity contribution in [2.45, 2.75) is 20.0 Å². The van der Waals surface area contributed by atoms with Gasteiger partial charge in [-0.05, 0) is 59.2 Å². The van der Waals surface area contributed by atoms with Crippen LogP contribution >= 0.6 is 11.6 Å². The Bertz CT molecular complexity index is 1430. The van der Waals surface area contributed by atoms with Gasteiger partial charge in [0.05, 0.1) is 23.5 Å². The molecule has 37 heavy (non-hydrogen) atoms. The largest absolute Gasteiger partial charge is 0.490 e. The number of fused-ring (bicyclic) bond motifs is 1. The number of para-hydroxylation sites is 1. The lowest BCUT2D eigenvalue weighted by Gasteiger charge is -2.13. The van der Waals surface area contributed by atoms with Gasteiger partial charge in [0.2, 0.25) is 11.8 Å². The van der Waals surface area contributed by atoms with E-state index >= 15 is 0 Å². The molecule has 0 unspecified atom stereocenters. The van der Waals surface area contributed by atoms with Crippen LogP contribution in [0.1, 0.15) is 24.5 Å². The normalized spacial score (nSPS) is 10.9. The maximum absolute atomic E-state index is 12.1. The summed E-state index contributed by atoms with van der Waals surface area (Å²) in [7, 11) is 0. The van der Waals surface area contributed by atoms with Gasteiger partial charge in [0.1, 0.15) is 13.0 Å². The van der Waals surface area contributed by atoms with E-state index in [1.54, 1.807) is 42.5 Å². The molecule has 4 aromatic carbocycles. The lowest BCUT2D eigenvalue weighted by molar-refractivity contribution is -0.126. The zero-order chi connectivity index (χ0) is 26.0. The molecule has 0 heterocycles. The van der Waals surface area contributed by atoms with Crippen LogP contribution in [0.5, 0.6) is 11.5 Å². The highest BCUT2D eigenvalue weighted by Crippen LogP contribution is 2.30. The fourth-order valence-electron chi connectivity index (χ4n) is 3.69. The van der Waals surface area contributed by atoms with E-state index in [-0.39, 0.29) is 0 Å². The Morgan fingerprint density at radius 2 is 1.68 bits per heavy atom. The first-order valence-electron chi connectivity index (χ1n) is 11.8. The molecule has 2 amide bonds. The second kappa shape index (κ2) is 12.6. The number of carbonyl (C=O) groups is 2. The number of nitrogens with zero attached hydrogens (tertiary/aromatic N) is 1. The Labute approximate surface area is 220 Å². The van der Waals surface area contributed by atoms with Gasteiger partial charge in [-0.2, -0.15) is 5.10 Å². The molecule has 0 aliphatic carbocycles. The maximum Gasteiger partial charge on any atom is 0.249 e. The van der Waals surface area contributed by atoms with E-state index in [2.05, 4.69) is 34.0 Å². The molecule has 0 aliphatic rings. The summed E-state index contributed by atoms with van der Waals surface area (Å²) in [6.45, 7) is 2.74. The van der Waals surface area contributed by atoms with Crippen molar-refractivity contribution in [3.05, 3.63) is 101 Å². The number of benzene rings is 4. The minimum absolute atomic E-state index is 0.390. The van der Waals surface area contributed by atoms with Gasteiger partial charge in [-0.3, -0.25) is 9.59 Å². The molecule has 0 radical (unpaired) electrons. The number of rotatable bonds is 10. The first-order chi connectivity index (χ1) is 18.0. The number of anilines is 1. The van der Waals surface area contributed by atoms with E-state index < -0.39 is 18.2 Å². The number of ether oxygens (including phenoxy) is 2. The van der Waals surface area contributed by atoms with Crippen LogP contribution in [-0.4, -0.2) is 24.6 Å². The molecule has 0 aromatic heterocycles. The molecule has 0 fully saturated rings. The third-order valence-corrected chi connectivity index (χ3v) is 5.73. The number of halogens is 1.